The standard InChI is InChI=1S/C7H7FN2O2/c8-5-1-4(7(11)12)3-10-6(5)2-9/h1,3H,2,9H2,(H,11,12). The summed E-state index contributed by atoms with van der Waals surface area (Å²) >= 11 is 0. The van der Waals surface area contributed by atoms with Gasteiger partial charge in [-0.05, 0) is 6.07 Å². The molecule has 1 heterocycles. The first-order chi connectivity index (χ1) is 5.65. The maximum absolute atomic E-state index is 12.8. The Balaban J connectivity index is 3.10. The van der Waals surface area contributed by atoms with Crippen LogP contribution in [0.25, 0.3) is 0 Å². The molecule has 0 aliphatic carbocycles. The first-order valence-electron chi connectivity index (χ1n) is 3.23. The molecule has 64 valence electrons. The van der Waals surface area contributed by atoms with Crippen molar-refractivity contribution in [2.45, 2.75) is 6.54 Å². The first kappa shape index (κ1) is 8.61. The number of halogens is 1. The van der Waals surface area contributed by atoms with E-state index in [1.807, 2.05) is 0 Å². The molecule has 0 unspecified atom stereocenters. The fraction of sp³-hybridized carbons (Fsp3) is 0.143. The van der Waals surface area contributed by atoms with Crippen LogP contribution in [0.3, 0.4) is 0 Å². The van der Waals surface area contributed by atoms with Crippen LogP contribution in [0.1, 0.15) is 16.1 Å². The summed E-state index contributed by atoms with van der Waals surface area (Å²) in [5.41, 5.74) is 5.02. The van der Waals surface area contributed by atoms with E-state index in [1.54, 1.807) is 0 Å². The van der Waals surface area contributed by atoms with Crippen LogP contribution in [-0.2, 0) is 6.54 Å². The molecule has 0 bridgehead atoms. The van der Waals surface area contributed by atoms with Gasteiger partial charge in [-0.3, -0.25) is 4.98 Å². The van der Waals surface area contributed by atoms with Crippen LogP contribution in [0.2, 0.25) is 0 Å². The molecule has 0 saturated carbocycles. The van der Waals surface area contributed by atoms with Crippen LogP contribution in [0.5, 0.6) is 0 Å². The Morgan fingerprint density at radius 1 is 1.75 bits per heavy atom. The molecule has 0 radical (unpaired) electrons. The summed E-state index contributed by atoms with van der Waals surface area (Å²) in [7, 11) is 0. The number of carbonyl (C=O) groups is 1. The molecule has 4 nitrogen and oxygen atoms in total. The zero-order valence-corrected chi connectivity index (χ0v) is 6.12. The molecule has 3 N–H and O–H groups in total. The van der Waals surface area contributed by atoms with E-state index in [2.05, 4.69) is 4.98 Å². The fourth-order valence-electron chi connectivity index (χ4n) is 0.733. The lowest BCUT2D eigenvalue weighted by atomic mass is 10.2. The zero-order chi connectivity index (χ0) is 9.14. The van der Waals surface area contributed by atoms with Gasteiger partial charge in [-0.15, -0.1) is 0 Å². The van der Waals surface area contributed by atoms with Gasteiger partial charge in [-0.2, -0.15) is 0 Å². The quantitative estimate of drug-likeness (QED) is 0.672. The predicted molar refractivity (Wildman–Crippen MR) is 39.0 cm³/mol. The van der Waals surface area contributed by atoms with Gasteiger partial charge in [0, 0.05) is 12.7 Å². The van der Waals surface area contributed by atoms with Crippen LogP contribution in [0.15, 0.2) is 12.3 Å². The number of hydrogen-bond acceptors (Lipinski definition) is 3. The molecule has 0 aromatic carbocycles. The number of aromatic nitrogens is 1. The minimum absolute atomic E-state index is 0.0360. The lowest BCUT2D eigenvalue weighted by Crippen LogP contribution is -2.06. The van der Waals surface area contributed by atoms with Crippen LogP contribution >= 0.6 is 0 Å². The lowest BCUT2D eigenvalue weighted by Gasteiger charge is -1.98. The van der Waals surface area contributed by atoms with Gasteiger partial charge in [0.1, 0.15) is 5.82 Å². The molecule has 0 fully saturated rings. The number of carboxylic acids is 1. The van der Waals surface area contributed by atoms with E-state index < -0.39 is 11.8 Å². The van der Waals surface area contributed by atoms with Crippen molar-refractivity contribution >= 4 is 5.97 Å². The predicted octanol–water partition coefficient (Wildman–Crippen LogP) is 0.378. The molecule has 0 atom stereocenters. The summed E-state index contributed by atoms with van der Waals surface area (Å²) < 4.78 is 12.8. The maximum Gasteiger partial charge on any atom is 0.337 e. The van der Waals surface area contributed by atoms with E-state index in [0.717, 1.165) is 12.3 Å². The van der Waals surface area contributed by atoms with Gasteiger partial charge in [-0.1, -0.05) is 0 Å². The number of carboxylic acid groups (broad SMARTS) is 1. The smallest absolute Gasteiger partial charge is 0.337 e. The molecule has 0 saturated heterocycles. The molecule has 12 heavy (non-hydrogen) atoms. The van der Waals surface area contributed by atoms with Crippen molar-refractivity contribution in [3.05, 3.63) is 29.3 Å². The van der Waals surface area contributed by atoms with Crippen molar-refractivity contribution in [3.63, 3.8) is 0 Å². The highest BCUT2D eigenvalue weighted by Gasteiger charge is 2.07. The molecule has 0 spiro atoms. The average molecular weight is 170 g/mol. The van der Waals surface area contributed by atoms with E-state index in [0.29, 0.717) is 0 Å². The number of nitrogens with two attached hydrogens (primary N) is 1. The number of hydrogen-bond donors (Lipinski definition) is 2. The average Bonchev–Trinajstić information content (AvgIpc) is 2.04. The molecule has 1 aromatic heterocycles. The number of rotatable bonds is 2. The van der Waals surface area contributed by atoms with Gasteiger partial charge >= 0.3 is 5.97 Å². The second-order valence-corrected chi connectivity index (χ2v) is 2.16. The van der Waals surface area contributed by atoms with Crippen molar-refractivity contribution < 1.29 is 14.3 Å². The third-order valence-corrected chi connectivity index (χ3v) is 1.36. The zero-order valence-electron chi connectivity index (χ0n) is 6.12. The summed E-state index contributed by atoms with van der Waals surface area (Å²) in [6, 6.07) is 0.900. The Labute approximate surface area is 67.8 Å². The summed E-state index contributed by atoms with van der Waals surface area (Å²) in [5, 5.41) is 8.43. The Morgan fingerprint density at radius 2 is 2.42 bits per heavy atom. The van der Waals surface area contributed by atoms with Crippen LogP contribution in [-0.4, -0.2) is 16.1 Å². The van der Waals surface area contributed by atoms with Gasteiger partial charge < -0.3 is 10.8 Å². The van der Waals surface area contributed by atoms with Gasteiger partial charge in [-0.25, -0.2) is 9.18 Å². The van der Waals surface area contributed by atoms with Gasteiger partial charge in [0.2, 0.25) is 0 Å². The topological polar surface area (TPSA) is 76.2 Å². The Hall–Kier alpha value is -1.49. The molecule has 0 aliphatic heterocycles. The molecule has 1 rings (SSSR count). The second kappa shape index (κ2) is 3.27. The molecule has 5 heteroatoms. The van der Waals surface area contributed by atoms with Crippen LogP contribution in [0.4, 0.5) is 4.39 Å². The monoisotopic (exact) mass is 170 g/mol. The third kappa shape index (κ3) is 1.57. The van der Waals surface area contributed by atoms with Crippen molar-refractivity contribution in [1.29, 1.82) is 0 Å². The van der Waals surface area contributed by atoms with Gasteiger partial charge in [0.25, 0.3) is 0 Å². The summed E-state index contributed by atoms with van der Waals surface area (Å²) in [6.45, 7) is -0.0360. The fourth-order valence-corrected chi connectivity index (χ4v) is 0.733. The van der Waals surface area contributed by atoms with Crippen LogP contribution in [0, 0.1) is 5.82 Å². The van der Waals surface area contributed by atoms with E-state index in [4.69, 9.17) is 10.8 Å². The van der Waals surface area contributed by atoms with Gasteiger partial charge in [0.05, 0.1) is 11.3 Å². The Morgan fingerprint density at radius 3 is 2.83 bits per heavy atom. The minimum Gasteiger partial charge on any atom is -0.478 e. The highest BCUT2D eigenvalue weighted by Crippen LogP contribution is 2.05. The lowest BCUT2D eigenvalue weighted by molar-refractivity contribution is 0.0696. The van der Waals surface area contributed by atoms with E-state index in [-0.39, 0.29) is 17.8 Å². The van der Waals surface area contributed by atoms with E-state index >= 15 is 0 Å². The third-order valence-electron chi connectivity index (χ3n) is 1.36. The Kier molecular flexibility index (Phi) is 2.35. The molecule has 1 aromatic rings. The van der Waals surface area contributed by atoms with Crippen molar-refractivity contribution in [2.24, 2.45) is 5.73 Å². The molecular formula is C7H7FN2O2. The first-order valence-corrected chi connectivity index (χ1v) is 3.23. The summed E-state index contributed by atoms with van der Waals surface area (Å²) in [4.78, 5) is 13.9. The number of pyridine rings is 1. The van der Waals surface area contributed by atoms with Gasteiger partial charge in [0.15, 0.2) is 0 Å². The van der Waals surface area contributed by atoms with Crippen molar-refractivity contribution in [3.8, 4) is 0 Å². The highest BCUT2D eigenvalue weighted by atomic mass is 19.1. The summed E-state index contributed by atoms with van der Waals surface area (Å²) in [5.74, 6) is -1.89. The normalized spacial score (nSPS) is 9.83. The van der Waals surface area contributed by atoms with E-state index in [1.165, 1.54) is 0 Å². The van der Waals surface area contributed by atoms with E-state index in [9.17, 15) is 9.18 Å². The van der Waals surface area contributed by atoms with Crippen molar-refractivity contribution in [1.82, 2.24) is 4.98 Å². The Bertz CT molecular complexity index is 314. The molecule has 0 aliphatic rings. The number of aromatic carboxylic acids is 1. The largest absolute Gasteiger partial charge is 0.478 e. The summed E-state index contributed by atoms with van der Waals surface area (Å²) in [6.07, 6.45) is 1.08. The van der Waals surface area contributed by atoms with Crippen LogP contribution < -0.4 is 5.73 Å². The molecule has 0 amide bonds. The maximum atomic E-state index is 12.8. The highest BCUT2D eigenvalue weighted by molar-refractivity contribution is 5.87. The number of nitrogens with zero attached hydrogens (tertiary/aromatic N) is 1. The van der Waals surface area contributed by atoms with Crippen molar-refractivity contribution in [2.75, 3.05) is 0 Å². The second-order valence-electron chi connectivity index (χ2n) is 2.16. The SMILES string of the molecule is NCc1ncc(C(=O)O)cc1F. The molecular weight excluding hydrogens is 163 g/mol. The minimum atomic E-state index is -1.20.